The molecule has 3 amide bonds. The summed E-state index contributed by atoms with van der Waals surface area (Å²) >= 11 is 3.87. The zero-order chi connectivity index (χ0) is 18.2. The summed E-state index contributed by atoms with van der Waals surface area (Å²) in [4.78, 5) is 46.3. The van der Waals surface area contributed by atoms with Gasteiger partial charge in [0.25, 0.3) is 0 Å². The molecule has 0 aliphatic rings. The highest BCUT2D eigenvalue weighted by Gasteiger charge is 2.31. The van der Waals surface area contributed by atoms with Crippen molar-refractivity contribution in [3.63, 3.8) is 0 Å². The first kappa shape index (κ1) is 21.2. The number of carbonyl (C=O) groups excluding carboxylic acids is 3. The molecule has 0 rings (SSSR count). The lowest BCUT2D eigenvalue weighted by molar-refractivity contribution is -0.143. The quantitative estimate of drug-likeness (QED) is 0.255. The maximum atomic E-state index is 12.2. The fourth-order valence-electron chi connectivity index (χ4n) is 1.71. The second-order valence-electron chi connectivity index (χ2n) is 5.23. The fourth-order valence-corrected chi connectivity index (χ4v) is 1.87. The first-order valence-corrected chi connectivity index (χ1v) is 7.75. The van der Waals surface area contributed by atoms with E-state index in [-0.39, 0.29) is 11.7 Å². The summed E-state index contributed by atoms with van der Waals surface area (Å²) < 4.78 is 0. The highest BCUT2D eigenvalue weighted by atomic mass is 32.1. The van der Waals surface area contributed by atoms with Gasteiger partial charge >= 0.3 is 5.97 Å². The maximum absolute atomic E-state index is 12.2. The smallest absolute Gasteiger partial charge is 0.326 e. The predicted molar refractivity (Wildman–Crippen MR) is 86.6 cm³/mol. The van der Waals surface area contributed by atoms with E-state index in [0.29, 0.717) is 6.42 Å². The topological polar surface area (TPSA) is 165 Å². The summed E-state index contributed by atoms with van der Waals surface area (Å²) in [6.45, 7) is 3.44. The summed E-state index contributed by atoms with van der Waals surface area (Å²) in [6, 6.07) is -3.40. The van der Waals surface area contributed by atoms with E-state index in [4.69, 9.17) is 11.5 Å². The molecule has 0 bridgehead atoms. The summed E-state index contributed by atoms with van der Waals surface area (Å²) in [7, 11) is 0. The molecular weight excluding hydrogens is 324 g/mol. The average Bonchev–Trinajstić information content (AvgIpc) is 2.48. The van der Waals surface area contributed by atoms with E-state index in [1.165, 1.54) is 0 Å². The van der Waals surface area contributed by atoms with Crippen molar-refractivity contribution in [2.45, 2.75) is 44.8 Å². The van der Waals surface area contributed by atoms with Crippen LogP contribution in [0.15, 0.2) is 0 Å². The van der Waals surface area contributed by atoms with Gasteiger partial charge in [0.2, 0.25) is 17.7 Å². The van der Waals surface area contributed by atoms with Gasteiger partial charge in [0.15, 0.2) is 0 Å². The fraction of sp³-hybridized carbons (Fsp3) is 0.692. The Kier molecular flexibility index (Phi) is 9.27. The monoisotopic (exact) mass is 348 g/mol. The Labute approximate surface area is 139 Å². The molecule has 0 saturated carbocycles. The Morgan fingerprint density at radius 2 is 1.74 bits per heavy atom. The molecular formula is C13H24N4O5S. The molecule has 4 atom stereocenters. The summed E-state index contributed by atoms with van der Waals surface area (Å²) in [5.74, 6) is -3.81. The third kappa shape index (κ3) is 7.33. The minimum Gasteiger partial charge on any atom is -0.480 e. The second-order valence-corrected chi connectivity index (χ2v) is 5.60. The molecule has 132 valence electrons. The van der Waals surface area contributed by atoms with Gasteiger partial charge in [-0.05, 0) is 5.92 Å². The van der Waals surface area contributed by atoms with Crippen LogP contribution >= 0.6 is 12.6 Å². The number of hydrogen-bond donors (Lipinski definition) is 6. The van der Waals surface area contributed by atoms with E-state index >= 15 is 0 Å². The van der Waals surface area contributed by atoms with E-state index in [2.05, 4.69) is 23.3 Å². The van der Waals surface area contributed by atoms with Crippen molar-refractivity contribution < 1.29 is 24.3 Å². The van der Waals surface area contributed by atoms with Crippen LogP contribution in [-0.2, 0) is 19.2 Å². The van der Waals surface area contributed by atoms with Gasteiger partial charge in [-0.3, -0.25) is 14.4 Å². The van der Waals surface area contributed by atoms with Crippen LogP contribution in [0.3, 0.4) is 0 Å². The Balaban J connectivity index is 5.08. The number of rotatable bonds is 10. The molecule has 7 N–H and O–H groups in total. The molecule has 0 heterocycles. The second kappa shape index (κ2) is 10.1. The molecule has 4 unspecified atom stereocenters. The number of carboxylic acids is 1. The summed E-state index contributed by atoms with van der Waals surface area (Å²) in [5.41, 5.74) is 10.5. The van der Waals surface area contributed by atoms with Crippen LogP contribution in [0.1, 0.15) is 26.7 Å². The number of primary amides is 1. The van der Waals surface area contributed by atoms with Gasteiger partial charge in [-0.25, -0.2) is 4.79 Å². The lowest BCUT2D eigenvalue weighted by Crippen LogP contribution is -2.56. The van der Waals surface area contributed by atoms with Crippen molar-refractivity contribution in [1.82, 2.24) is 10.6 Å². The van der Waals surface area contributed by atoms with Crippen molar-refractivity contribution in [1.29, 1.82) is 0 Å². The number of nitrogens with one attached hydrogen (secondary N) is 2. The molecule has 0 spiro atoms. The van der Waals surface area contributed by atoms with Crippen molar-refractivity contribution in [2.75, 3.05) is 5.75 Å². The zero-order valence-corrected chi connectivity index (χ0v) is 14.0. The minimum absolute atomic E-state index is 0.0430. The molecule has 0 aliphatic carbocycles. The van der Waals surface area contributed by atoms with Gasteiger partial charge in [0.1, 0.15) is 12.1 Å². The molecule has 0 aromatic heterocycles. The lowest BCUT2D eigenvalue weighted by atomic mass is 9.98. The molecule has 0 aromatic carbocycles. The number of amides is 3. The first-order valence-electron chi connectivity index (χ1n) is 7.12. The number of nitrogens with two attached hydrogens (primary N) is 2. The van der Waals surface area contributed by atoms with Crippen molar-refractivity contribution in [3.8, 4) is 0 Å². The molecule has 0 radical (unpaired) electrons. The van der Waals surface area contributed by atoms with E-state index in [1.807, 2.05) is 0 Å². The normalized spacial score (nSPS) is 15.8. The molecule has 0 saturated heterocycles. The summed E-state index contributed by atoms with van der Waals surface area (Å²) in [5, 5.41) is 13.8. The Morgan fingerprint density at radius 3 is 2.13 bits per heavy atom. The van der Waals surface area contributed by atoms with Crippen molar-refractivity contribution in [2.24, 2.45) is 17.4 Å². The molecule has 9 nitrogen and oxygen atoms in total. The molecule has 0 aromatic rings. The van der Waals surface area contributed by atoms with Gasteiger partial charge in [-0.2, -0.15) is 12.6 Å². The molecule has 10 heteroatoms. The Bertz CT molecular complexity index is 460. The Hall–Kier alpha value is -1.81. The van der Waals surface area contributed by atoms with Crippen LogP contribution < -0.4 is 22.1 Å². The largest absolute Gasteiger partial charge is 0.480 e. The van der Waals surface area contributed by atoms with Crippen LogP contribution in [-0.4, -0.2) is 52.7 Å². The van der Waals surface area contributed by atoms with Gasteiger partial charge in [0.05, 0.1) is 12.5 Å². The number of thiol groups is 1. The maximum Gasteiger partial charge on any atom is 0.326 e. The number of aliphatic carboxylic acids is 1. The Morgan fingerprint density at radius 1 is 1.17 bits per heavy atom. The van der Waals surface area contributed by atoms with Crippen molar-refractivity contribution >= 4 is 36.3 Å². The van der Waals surface area contributed by atoms with Gasteiger partial charge < -0.3 is 27.2 Å². The van der Waals surface area contributed by atoms with Gasteiger partial charge in [-0.1, -0.05) is 20.3 Å². The molecule has 0 fully saturated rings. The highest BCUT2D eigenvalue weighted by molar-refractivity contribution is 7.80. The van der Waals surface area contributed by atoms with Gasteiger partial charge in [0, 0.05) is 5.75 Å². The number of carboxylic acid groups (broad SMARTS) is 1. The van der Waals surface area contributed by atoms with Crippen LogP contribution in [0.2, 0.25) is 0 Å². The van der Waals surface area contributed by atoms with E-state index in [9.17, 15) is 24.3 Å². The van der Waals surface area contributed by atoms with Crippen LogP contribution in [0.25, 0.3) is 0 Å². The highest BCUT2D eigenvalue weighted by Crippen LogP contribution is 2.08. The molecule has 0 aliphatic heterocycles. The predicted octanol–water partition coefficient (Wildman–Crippen LogP) is -1.78. The number of hydrogen-bond acceptors (Lipinski definition) is 6. The first-order chi connectivity index (χ1) is 10.6. The molecule has 23 heavy (non-hydrogen) atoms. The minimum atomic E-state index is -1.29. The standard InChI is InChI=1S/C13H24N4O5S/c1-3-6(2)10(13(21)22)17-12(20)8(4-9(15)18)16-11(19)7(14)5-23/h6-8,10,23H,3-5,14H2,1-2H3,(H2,15,18)(H,16,19)(H,17,20)(H,21,22). The summed E-state index contributed by atoms with van der Waals surface area (Å²) in [6.07, 6.45) is 0.0539. The lowest BCUT2D eigenvalue weighted by Gasteiger charge is -2.24. The third-order valence-electron chi connectivity index (χ3n) is 3.35. The van der Waals surface area contributed by atoms with E-state index in [1.54, 1.807) is 13.8 Å². The van der Waals surface area contributed by atoms with Crippen LogP contribution in [0, 0.1) is 5.92 Å². The van der Waals surface area contributed by atoms with Crippen LogP contribution in [0.4, 0.5) is 0 Å². The zero-order valence-electron chi connectivity index (χ0n) is 13.1. The average molecular weight is 348 g/mol. The van der Waals surface area contributed by atoms with Gasteiger partial charge in [-0.15, -0.1) is 0 Å². The SMILES string of the molecule is CCC(C)C(NC(=O)C(CC(N)=O)NC(=O)C(N)CS)C(=O)O. The van der Waals surface area contributed by atoms with E-state index < -0.39 is 48.2 Å². The van der Waals surface area contributed by atoms with Crippen LogP contribution in [0.5, 0.6) is 0 Å². The van der Waals surface area contributed by atoms with E-state index in [0.717, 1.165) is 0 Å². The van der Waals surface area contributed by atoms with Crippen molar-refractivity contribution in [3.05, 3.63) is 0 Å². The third-order valence-corrected chi connectivity index (χ3v) is 3.74. The number of carbonyl (C=O) groups is 4.